The van der Waals surface area contributed by atoms with Gasteiger partial charge in [-0.25, -0.2) is 13.2 Å². The van der Waals surface area contributed by atoms with Gasteiger partial charge in [0.05, 0.1) is 21.2 Å². The van der Waals surface area contributed by atoms with Crippen molar-refractivity contribution < 1.29 is 18.3 Å². The lowest BCUT2D eigenvalue weighted by molar-refractivity contribution is 0.0697. The lowest BCUT2D eigenvalue weighted by atomic mass is 10.2. The van der Waals surface area contributed by atoms with Crippen LogP contribution in [0, 0.1) is 0 Å². The highest BCUT2D eigenvalue weighted by molar-refractivity contribution is 7.90. The Hall–Kier alpha value is -1.37. The van der Waals surface area contributed by atoms with Gasteiger partial charge in [-0.15, -0.1) is 11.3 Å². The first kappa shape index (κ1) is 16.0. The Kier molecular flexibility index (Phi) is 4.70. The van der Waals surface area contributed by atoms with Crippen molar-refractivity contribution in [3.63, 3.8) is 0 Å². The summed E-state index contributed by atoms with van der Waals surface area (Å²) in [7, 11) is -3.54. The molecule has 1 heterocycles. The molecule has 21 heavy (non-hydrogen) atoms. The molecule has 0 radical (unpaired) electrons. The first-order valence-electron chi connectivity index (χ1n) is 6.16. The van der Waals surface area contributed by atoms with Crippen LogP contribution in [0.2, 0.25) is 5.02 Å². The van der Waals surface area contributed by atoms with Gasteiger partial charge in [0.15, 0.2) is 9.84 Å². The predicted molar refractivity (Wildman–Crippen MR) is 83.0 cm³/mol. The normalized spacial score (nSPS) is 11.5. The number of hydrogen-bond donors (Lipinski definition) is 1. The lowest BCUT2D eigenvalue weighted by Gasteiger charge is -2.05. The minimum Gasteiger partial charge on any atom is -0.478 e. The summed E-state index contributed by atoms with van der Waals surface area (Å²) in [6.07, 6.45) is 0.865. The zero-order valence-electron chi connectivity index (χ0n) is 11.2. The lowest BCUT2D eigenvalue weighted by Crippen LogP contribution is -2.05. The van der Waals surface area contributed by atoms with E-state index in [1.54, 1.807) is 6.07 Å². The van der Waals surface area contributed by atoms with Gasteiger partial charge in [-0.05, 0) is 36.8 Å². The largest absolute Gasteiger partial charge is 0.478 e. The smallest absolute Gasteiger partial charge is 0.337 e. The Morgan fingerprint density at radius 2 is 1.90 bits per heavy atom. The molecule has 2 aromatic rings. The van der Waals surface area contributed by atoms with Gasteiger partial charge in [0.25, 0.3) is 0 Å². The van der Waals surface area contributed by atoms with Gasteiger partial charge in [0, 0.05) is 9.75 Å². The van der Waals surface area contributed by atoms with Crippen LogP contribution in [0.15, 0.2) is 35.2 Å². The summed E-state index contributed by atoms with van der Waals surface area (Å²) < 4.78 is 24.7. The molecular formula is C14H13ClO4S2. The molecule has 0 spiro atoms. The van der Waals surface area contributed by atoms with E-state index in [9.17, 15) is 13.2 Å². The van der Waals surface area contributed by atoms with Crippen molar-refractivity contribution in [2.45, 2.75) is 24.0 Å². The predicted octanol–water partition coefficient (Wildman–Crippen LogP) is 3.64. The van der Waals surface area contributed by atoms with Crippen molar-refractivity contribution in [3.05, 3.63) is 50.7 Å². The second kappa shape index (κ2) is 6.17. The molecule has 0 amide bonds. The first-order valence-corrected chi connectivity index (χ1v) is 9.01. The van der Waals surface area contributed by atoms with E-state index in [2.05, 4.69) is 0 Å². The fourth-order valence-electron chi connectivity index (χ4n) is 1.82. The summed E-state index contributed by atoms with van der Waals surface area (Å²) in [5, 5.41) is 8.81. The molecule has 0 unspecified atom stereocenters. The van der Waals surface area contributed by atoms with Crippen LogP contribution < -0.4 is 0 Å². The van der Waals surface area contributed by atoms with E-state index < -0.39 is 15.8 Å². The van der Waals surface area contributed by atoms with Crippen LogP contribution in [0.3, 0.4) is 0 Å². The third-order valence-corrected chi connectivity index (χ3v) is 6.32. The van der Waals surface area contributed by atoms with Crippen LogP contribution in [0.1, 0.15) is 27.0 Å². The standard InChI is InChI=1S/C14H13ClO4S2/c1-2-9-3-4-10(20-9)8-21(18,19)11-5-6-12(14(16)17)13(15)7-11/h3-7H,2,8H2,1H3,(H,16,17). The summed E-state index contributed by atoms with van der Waals surface area (Å²) >= 11 is 7.28. The molecular weight excluding hydrogens is 332 g/mol. The molecule has 0 bridgehead atoms. The first-order chi connectivity index (χ1) is 9.83. The van der Waals surface area contributed by atoms with Crippen LogP contribution in [-0.2, 0) is 22.0 Å². The number of aromatic carboxylic acids is 1. The van der Waals surface area contributed by atoms with Crippen LogP contribution in [0.5, 0.6) is 0 Å². The molecule has 7 heteroatoms. The number of benzene rings is 1. The minimum absolute atomic E-state index is 0.0314. The van der Waals surface area contributed by atoms with Gasteiger partial charge < -0.3 is 5.11 Å². The van der Waals surface area contributed by atoms with Gasteiger partial charge in [0.2, 0.25) is 0 Å². The van der Waals surface area contributed by atoms with Crippen LogP contribution in [-0.4, -0.2) is 19.5 Å². The SMILES string of the molecule is CCc1ccc(CS(=O)(=O)c2ccc(C(=O)O)c(Cl)c2)s1. The zero-order valence-corrected chi connectivity index (χ0v) is 13.6. The molecule has 1 aromatic carbocycles. The molecule has 2 rings (SSSR count). The molecule has 0 atom stereocenters. The summed E-state index contributed by atoms with van der Waals surface area (Å²) in [5.41, 5.74) is -0.111. The summed E-state index contributed by atoms with van der Waals surface area (Å²) in [5.74, 6) is -1.30. The monoisotopic (exact) mass is 344 g/mol. The number of carbonyl (C=O) groups is 1. The Bertz CT molecular complexity index is 778. The van der Waals surface area contributed by atoms with E-state index in [-0.39, 0.29) is 21.2 Å². The number of carboxylic acids is 1. The molecule has 0 fully saturated rings. The van der Waals surface area contributed by atoms with E-state index in [1.807, 2.05) is 13.0 Å². The van der Waals surface area contributed by atoms with Crippen molar-refractivity contribution >= 4 is 38.7 Å². The van der Waals surface area contributed by atoms with Gasteiger partial charge in [-0.3, -0.25) is 0 Å². The molecule has 0 aliphatic heterocycles. The van der Waals surface area contributed by atoms with Crippen LogP contribution in [0.25, 0.3) is 0 Å². The Morgan fingerprint density at radius 3 is 2.43 bits per heavy atom. The number of hydrogen-bond acceptors (Lipinski definition) is 4. The number of carboxylic acid groups (broad SMARTS) is 1. The fraction of sp³-hybridized carbons (Fsp3) is 0.214. The van der Waals surface area contributed by atoms with Gasteiger partial charge in [-0.2, -0.15) is 0 Å². The van der Waals surface area contributed by atoms with Gasteiger partial charge in [0.1, 0.15) is 0 Å². The molecule has 1 N–H and O–H groups in total. The third kappa shape index (κ3) is 3.64. The van der Waals surface area contributed by atoms with Gasteiger partial charge >= 0.3 is 5.97 Å². The topological polar surface area (TPSA) is 71.4 Å². The molecule has 1 aromatic heterocycles. The van der Waals surface area contributed by atoms with Crippen molar-refractivity contribution in [3.8, 4) is 0 Å². The van der Waals surface area contributed by atoms with E-state index in [4.69, 9.17) is 16.7 Å². The molecule has 0 aliphatic carbocycles. The average Bonchev–Trinajstić information content (AvgIpc) is 2.85. The minimum atomic E-state index is -3.54. The van der Waals surface area contributed by atoms with Crippen molar-refractivity contribution in [1.82, 2.24) is 0 Å². The van der Waals surface area contributed by atoms with E-state index >= 15 is 0 Å². The number of sulfone groups is 1. The Labute approximate surface area is 131 Å². The van der Waals surface area contributed by atoms with Crippen molar-refractivity contribution in [1.29, 1.82) is 0 Å². The number of thiophene rings is 1. The van der Waals surface area contributed by atoms with Crippen molar-refractivity contribution in [2.24, 2.45) is 0 Å². The maximum absolute atomic E-state index is 12.3. The Morgan fingerprint density at radius 1 is 1.24 bits per heavy atom. The highest BCUT2D eigenvalue weighted by atomic mass is 35.5. The summed E-state index contributed by atoms with van der Waals surface area (Å²) in [6.45, 7) is 2.01. The quantitative estimate of drug-likeness (QED) is 0.898. The number of rotatable bonds is 5. The summed E-state index contributed by atoms with van der Waals surface area (Å²) in [6, 6.07) is 7.39. The highest BCUT2D eigenvalue weighted by Crippen LogP contribution is 2.26. The van der Waals surface area contributed by atoms with E-state index in [0.717, 1.165) is 16.2 Å². The summed E-state index contributed by atoms with van der Waals surface area (Å²) in [4.78, 5) is 12.8. The fourth-order valence-corrected chi connectivity index (χ4v) is 4.81. The van der Waals surface area contributed by atoms with E-state index in [0.29, 0.717) is 0 Å². The highest BCUT2D eigenvalue weighted by Gasteiger charge is 2.19. The maximum atomic E-state index is 12.3. The zero-order chi connectivity index (χ0) is 15.6. The second-order valence-electron chi connectivity index (χ2n) is 4.43. The second-order valence-corrected chi connectivity index (χ2v) is 8.08. The molecule has 112 valence electrons. The van der Waals surface area contributed by atoms with Crippen LogP contribution in [0.4, 0.5) is 0 Å². The Balaban J connectivity index is 2.31. The number of halogens is 1. The van der Waals surface area contributed by atoms with Gasteiger partial charge in [-0.1, -0.05) is 18.5 Å². The maximum Gasteiger partial charge on any atom is 0.337 e. The van der Waals surface area contributed by atoms with Crippen molar-refractivity contribution in [2.75, 3.05) is 0 Å². The molecule has 0 saturated heterocycles. The molecule has 0 saturated carbocycles. The molecule has 0 aliphatic rings. The average molecular weight is 345 g/mol. The third-order valence-electron chi connectivity index (χ3n) is 2.93. The number of aryl methyl sites for hydroxylation is 1. The van der Waals surface area contributed by atoms with Crippen LogP contribution >= 0.6 is 22.9 Å². The molecule has 4 nitrogen and oxygen atoms in total. The van der Waals surface area contributed by atoms with E-state index in [1.165, 1.54) is 29.5 Å².